The Hall–Kier alpha value is -1.46. The number of halogens is 1. The largest absolute Gasteiger partial charge is 0.493 e. The molecule has 1 aromatic carbocycles. The van der Waals surface area contributed by atoms with Gasteiger partial charge in [-0.3, -0.25) is 4.79 Å². The number of hydrogen-bond donors (Lipinski definition) is 2. The number of amides is 1. The Morgan fingerprint density at radius 3 is 2.19 bits per heavy atom. The maximum absolute atomic E-state index is 12.0. The van der Waals surface area contributed by atoms with Gasteiger partial charge in [0, 0.05) is 0 Å². The SMILES string of the molecule is COc1ccc(C(C)NC(=O)[C@H](N)C(C)C)cc1OC.Cl. The Morgan fingerprint density at radius 2 is 1.71 bits per heavy atom. The van der Waals surface area contributed by atoms with E-state index in [0.29, 0.717) is 11.5 Å². The molecule has 0 heterocycles. The van der Waals surface area contributed by atoms with E-state index >= 15 is 0 Å². The molecule has 0 radical (unpaired) electrons. The molecule has 1 aromatic rings. The summed E-state index contributed by atoms with van der Waals surface area (Å²) in [5, 5.41) is 2.91. The monoisotopic (exact) mass is 316 g/mol. The van der Waals surface area contributed by atoms with Crippen molar-refractivity contribution in [2.45, 2.75) is 32.9 Å². The van der Waals surface area contributed by atoms with Crippen molar-refractivity contribution >= 4 is 18.3 Å². The van der Waals surface area contributed by atoms with Crippen LogP contribution in [0.25, 0.3) is 0 Å². The van der Waals surface area contributed by atoms with Gasteiger partial charge in [0.1, 0.15) is 0 Å². The molecular formula is C15H25ClN2O3. The van der Waals surface area contributed by atoms with Gasteiger partial charge in [-0.1, -0.05) is 19.9 Å². The van der Waals surface area contributed by atoms with Crippen LogP contribution in [-0.4, -0.2) is 26.2 Å². The lowest BCUT2D eigenvalue weighted by atomic mass is 10.0. The number of ether oxygens (including phenoxy) is 2. The highest BCUT2D eigenvalue weighted by Gasteiger charge is 2.20. The van der Waals surface area contributed by atoms with Crippen molar-refractivity contribution in [3.63, 3.8) is 0 Å². The van der Waals surface area contributed by atoms with Crippen LogP contribution in [0.1, 0.15) is 32.4 Å². The normalized spacial score (nSPS) is 13.1. The van der Waals surface area contributed by atoms with E-state index in [9.17, 15) is 4.79 Å². The molecule has 0 bridgehead atoms. The number of rotatable bonds is 6. The van der Waals surface area contributed by atoms with Gasteiger partial charge < -0.3 is 20.5 Å². The number of carbonyl (C=O) groups is 1. The zero-order chi connectivity index (χ0) is 15.3. The van der Waals surface area contributed by atoms with E-state index in [1.54, 1.807) is 14.2 Å². The minimum Gasteiger partial charge on any atom is -0.493 e. The molecule has 1 amide bonds. The molecule has 120 valence electrons. The fourth-order valence-electron chi connectivity index (χ4n) is 1.82. The van der Waals surface area contributed by atoms with Gasteiger partial charge in [0.25, 0.3) is 0 Å². The Morgan fingerprint density at radius 1 is 1.14 bits per heavy atom. The molecule has 0 spiro atoms. The predicted molar refractivity (Wildman–Crippen MR) is 86.2 cm³/mol. The molecule has 6 heteroatoms. The molecule has 0 saturated carbocycles. The first-order chi connectivity index (χ1) is 9.40. The van der Waals surface area contributed by atoms with Crippen LogP contribution < -0.4 is 20.5 Å². The lowest BCUT2D eigenvalue weighted by Crippen LogP contribution is -2.44. The summed E-state index contributed by atoms with van der Waals surface area (Å²) < 4.78 is 10.4. The van der Waals surface area contributed by atoms with E-state index in [2.05, 4.69) is 5.32 Å². The summed E-state index contributed by atoms with van der Waals surface area (Å²) in [7, 11) is 3.17. The van der Waals surface area contributed by atoms with Crippen LogP contribution >= 0.6 is 12.4 Å². The van der Waals surface area contributed by atoms with Crippen molar-refractivity contribution in [3.8, 4) is 11.5 Å². The number of carbonyl (C=O) groups excluding carboxylic acids is 1. The van der Waals surface area contributed by atoms with E-state index in [4.69, 9.17) is 15.2 Å². The van der Waals surface area contributed by atoms with E-state index in [1.807, 2.05) is 39.0 Å². The van der Waals surface area contributed by atoms with Crippen LogP contribution in [0.2, 0.25) is 0 Å². The van der Waals surface area contributed by atoms with Crippen molar-refractivity contribution in [1.29, 1.82) is 0 Å². The minimum atomic E-state index is -0.502. The second kappa shape index (κ2) is 8.74. The fourth-order valence-corrected chi connectivity index (χ4v) is 1.82. The molecule has 0 aliphatic carbocycles. The highest BCUT2D eigenvalue weighted by Crippen LogP contribution is 2.29. The van der Waals surface area contributed by atoms with E-state index in [0.717, 1.165) is 5.56 Å². The van der Waals surface area contributed by atoms with Gasteiger partial charge in [-0.2, -0.15) is 0 Å². The summed E-state index contributed by atoms with van der Waals surface area (Å²) in [4.78, 5) is 12.0. The quantitative estimate of drug-likeness (QED) is 0.844. The average molecular weight is 317 g/mol. The molecule has 2 atom stereocenters. The van der Waals surface area contributed by atoms with Crippen LogP contribution in [-0.2, 0) is 4.79 Å². The standard InChI is InChI=1S/C15H24N2O3.ClH/c1-9(2)14(16)15(18)17-10(3)11-6-7-12(19-4)13(8-11)20-5;/h6-10,14H,16H2,1-5H3,(H,17,18);1H/t10?,14-;/m1./s1. The summed E-state index contributed by atoms with van der Waals surface area (Å²) in [6, 6.07) is 4.92. The number of methoxy groups -OCH3 is 2. The molecule has 0 saturated heterocycles. The Labute approximate surface area is 132 Å². The zero-order valence-corrected chi connectivity index (χ0v) is 14.0. The summed E-state index contributed by atoms with van der Waals surface area (Å²) in [5.74, 6) is 1.25. The van der Waals surface area contributed by atoms with Gasteiger partial charge >= 0.3 is 0 Å². The molecule has 1 rings (SSSR count). The van der Waals surface area contributed by atoms with Gasteiger partial charge in [0.2, 0.25) is 5.91 Å². The summed E-state index contributed by atoms with van der Waals surface area (Å²) >= 11 is 0. The third-order valence-electron chi connectivity index (χ3n) is 3.29. The van der Waals surface area contributed by atoms with E-state index < -0.39 is 6.04 Å². The second-order valence-corrected chi connectivity index (χ2v) is 5.11. The van der Waals surface area contributed by atoms with Crippen molar-refractivity contribution in [2.24, 2.45) is 11.7 Å². The number of benzene rings is 1. The lowest BCUT2D eigenvalue weighted by Gasteiger charge is -2.20. The molecule has 0 aliphatic rings. The molecule has 0 fully saturated rings. The van der Waals surface area contributed by atoms with E-state index in [1.165, 1.54) is 0 Å². The summed E-state index contributed by atoms with van der Waals surface area (Å²) in [6.07, 6.45) is 0. The highest BCUT2D eigenvalue weighted by atomic mass is 35.5. The van der Waals surface area contributed by atoms with Crippen molar-refractivity contribution < 1.29 is 14.3 Å². The Balaban J connectivity index is 0.00000400. The molecule has 1 unspecified atom stereocenters. The molecular weight excluding hydrogens is 292 g/mol. The number of hydrogen-bond acceptors (Lipinski definition) is 4. The first-order valence-corrected chi connectivity index (χ1v) is 6.68. The predicted octanol–water partition coefficient (Wildman–Crippen LogP) is 2.29. The first kappa shape index (κ1) is 19.5. The van der Waals surface area contributed by atoms with Crippen LogP contribution in [0.15, 0.2) is 18.2 Å². The molecule has 0 aliphatic heterocycles. The Kier molecular flexibility index (Phi) is 8.14. The first-order valence-electron chi connectivity index (χ1n) is 6.68. The fraction of sp³-hybridized carbons (Fsp3) is 0.533. The van der Waals surface area contributed by atoms with Gasteiger partial charge in [-0.15, -0.1) is 12.4 Å². The van der Waals surface area contributed by atoms with Crippen molar-refractivity contribution in [2.75, 3.05) is 14.2 Å². The summed E-state index contributed by atoms with van der Waals surface area (Å²) in [5.41, 5.74) is 6.77. The highest BCUT2D eigenvalue weighted by molar-refractivity contribution is 5.85. The van der Waals surface area contributed by atoms with Gasteiger partial charge in [-0.25, -0.2) is 0 Å². The van der Waals surface area contributed by atoms with Crippen molar-refractivity contribution in [1.82, 2.24) is 5.32 Å². The van der Waals surface area contributed by atoms with Crippen LogP contribution in [0.5, 0.6) is 11.5 Å². The molecule has 5 nitrogen and oxygen atoms in total. The van der Waals surface area contributed by atoms with Gasteiger partial charge in [0.05, 0.1) is 26.3 Å². The second-order valence-electron chi connectivity index (χ2n) is 5.11. The Bertz CT molecular complexity index is 466. The molecule has 21 heavy (non-hydrogen) atoms. The third kappa shape index (κ3) is 5.10. The lowest BCUT2D eigenvalue weighted by molar-refractivity contribution is -0.123. The average Bonchev–Trinajstić information content (AvgIpc) is 2.45. The van der Waals surface area contributed by atoms with Crippen LogP contribution in [0, 0.1) is 5.92 Å². The number of nitrogens with two attached hydrogens (primary N) is 1. The zero-order valence-electron chi connectivity index (χ0n) is 13.2. The maximum atomic E-state index is 12.0. The third-order valence-corrected chi connectivity index (χ3v) is 3.29. The topological polar surface area (TPSA) is 73.6 Å². The molecule has 0 aromatic heterocycles. The number of nitrogens with one attached hydrogen (secondary N) is 1. The van der Waals surface area contributed by atoms with Crippen LogP contribution in [0.3, 0.4) is 0 Å². The molecule has 3 N–H and O–H groups in total. The minimum absolute atomic E-state index is 0. The smallest absolute Gasteiger partial charge is 0.237 e. The van der Waals surface area contributed by atoms with Crippen LogP contribution in [0.4, 0.5) is 0 Å². The van der Waals surface area contributed by atoms with E-state index in [-0.39, 0.29) is 30.3 Å². The van der Waals surface area contributed by atoms with Gasteiger partial charge in [-0.05, 0) is 30.5 Å². The maximum Gasteiger partial charge on any atom is 0.237 e. The van der Waals surface area contributed by atoms with Crippen molar-refractivity contribution in [3.05, 3.63) is 23.8 Å². The summed E-state index contributed by atoms with van der Waals surface area (Å²) in [6.45, 7) is 5.75. The van der Waals surface area contributed by atoms with Gasteiger partial charge in [0.15, 0.2) is 11.5 Å².